The number of halogens is 2. The molecule has 2 rings (SSSR count). The number of hydrogen-bond donors (Lipinski definition) is 2. The summed E-state index contributed by atoms with van der Waals surface area (Å²) in [6, 6.07) is 7.53. The van der Waals surface area contributed by atoms with Crippen molar-refractivity contribution in [3.8, 4) is 5.75 Å². The first-order valence-electron chi connectivity index (χ1n) is 5.42. The highest BCUT2D eigenvalue weighted by atomic mass is 19.3. The smallest absolute Gasteiger partial charge is 0.387 e. The zero-order valence-electron chi connectivity index (χ0n) is 9.75. The van der Waals surface area contributed by atoms with Crippen LogP contribution in [0.1, 0.15) is 5.69 Å². The minimum atomic E-state index is -2.84. The van der Waals surface area contributed by atoms with Crippen molar-refractivity contribution < 1.29 is 18.6 Å². The molecule has 0 bridgehead atoms. The lowest BCUT2D eigenvalue weighted by Crippen LogP contribution is -2.02. The summed E-state index contributed by atoms with van der Waals surface area (Å²) in [6.07, 6.45) is 1.51. The minimum Gasteiger partial charge on any atom is -0.435 e. The van der Waals surface area contributed by atoms with Crippen molar-refractivity contribution >= 4 is 11.6 Å². The van der Waals surface area contributed by atoms with E-state index in [9.17, 15) is 8.78 Å². The summed E-state index contributed by atoms with van der Waals surface area (Å²) in [5, 5.41) is 11.8. The molecule has 0 saturated carbocycles. The van der Waals surface area contributed by atoms with Gasteiger partial charge < -0.3 is 15.2 Å². The van der Waals surface area contributed by atoms with Crippen molar-refractivity contribution in [2.45, 2.75) is 13.2 Å². The van der Waals surface area contributed by atoms with Gasteiger partial charge in [0, 0.05) is 11.9 Å². The molecule has 0 unspecified atom stereocenters. The number of benzene rings is 1. The molecule has 1 aromatic heterocycles. The van der Waals surface area contributed by atoms with Gasteiger partial charge in [-0.15, -0.1) is 0 Å². The van der Waals surface area contributed by atoms with Crippen LogP contribution in [0, 0.1) is 0 Å². The molecule has 7 heteroatoms. The van der Waals surface area contributed by atoms with Crippen molar-refractivity contribution in [2.24, 2.45) is 0 Å². The predicted molar refractivity (Wildman–Crippen MR) is 64.3 cm³/mol. The van der Waals surface area contributed by atoms with E-state index >= 15 is 0 Å². The molecule has 0 spiro atoms. The summed E-state index contributed by atoms with van der Waals surface area (Å²) in [6.45, 7) is -3.03. The molecular weight excluding hydrogens is 256 g/mol. The SMILES string of the molecule is OCc1ccnc(Nc2ccc(OC(F)F)cc2)n1. The first kappa shape index (κ1) is 13.2. The third-order valence-corrected chi connectivity index (χ3v) is 2.21. The molecule has 0 saturated heterocycles. The number of anilines is 2. The molecule has 0 aliphatic heterocycles. The largest absolute Gasteiger partial charge is 0.435 e. The van der Waals surface area contributed by atoms with Crippen molar-refractivity contribution in [3.05, 3.63) is 42.2 Å². The van der Waals surface area contributed by atoms with Gasteiger partial charge in [0.15, 0.2) is 0 Å². The van der Waals surface area contributed by atoms with Crippen LogP contribution in [0.25, 0.3) is 0 Å². The number of nitrogens with zero attached hydrogens (tertiary/aromatic N) is 2. The van der Waals surface area contributed by atoms with Crippen LogP contribution in [0.5, 0.6) is 5.75 Å². The Morgan fingerprint density at radius 1 is 1.21 bits per heavy atom. The predicted octanol–water partition coefficient (Wildman–Crippen LogP) is 2.31. The Labute approximate surface area is 107 Å². The van der Waals surface area contributed by atoms with Gasteiger partial charge >= 0.3 is 6.61 Å². The molecule has 0 aliphatic rings. The van der Waals surface area contributed by atoms with Gasteiger partial charge in [-0.25, -0.2) is 9.97 Å². The normalized spacial score (nSPS) is 10.5. The lowest BCUT2D eigenvalue weighted by atomic mass is 10.3. The Balaban J connectivity index is 2.06. The fraction of sp³-hybridized carbons (Fsp3) is 0.167. The van der Waals surface area contributed by atoms with Crippen LogP contribution in [0.2, 0.25) is 0 Å². The Bertz CT molecular complexity index is 535. The van der Waals surface area contributed by atoms with E-state index in [0.29, 0.717) is 17.3 Å². The average molecular weight is 267 g/mol. The van der Waals surface area contributed by atoms with Gasteiger partial charge in [-0.3, -0.25) is 0 Å². The van der Waals surface area contributed by atoms with Crippen LogP contribution in [-0.2, 0) is 6.61 Å². The summed E-state index contributed by atoms with van der Waals surface area (Å²) < 4.78 is 28.2. The maximum atomic E-state index is 12.0. The molecule has 100 valence electrons. The maximum Gasteiger partial charge on any atom is 0.387 e. The second-order valence-corrected chi connectivity index (χ2v) is 3.56. The molecule has 0 atom stereocenters. The summed E-state index contributed by atoms with van der Waals surface area (Å²) in [5.74, 6) is 0.389. The molecular formula is C12H11F2N3O2. The van der Waals surface area contributed by atoms with Crippen LogP contribution in [0.4, 0.5) is 20.4 Å². The zero-order valence-corrected chi connectivity index (χ0v) is 9.75. The third-order valence-electron chi connectivity index (χ3n) is 2.21. The molecule has 0 radical (unpaired) electrons. The van der Waals surface area contributed by atoms with Crippen LogP contribution >= 0.6 is 0 Å². The number of aliphatic hydroxyl groups excluding tert-OH is 1. The molecule has 19 heavy (non-hydrogen) atoms. The number of nitrogens with one attached hydrogen (secondary N) is 1. The number of hydrogen-bond acceptors (Lipinski definition) is 5. The number of aromatic nitrogens is 2. The quantitative estimate of drug-likeness (QED) is 0.870. The molecule has 0 aliphatic carbocycles. The number of ether oxygens (including phenoxy) is 1. The second-order valence-electron chi connectivity index (χ2n) is 3.56. The monoisotopic (exact) mass is 267 g/mol. The first-order chi connectivity index (χ1) is 9.17. The molecule has 1 heterocycles. The number of rotatable bonds is 5. The van der Waals surface area contributed by atoms with E-state index < -0.39 is 6.61 Å². The number of alkyl halides is 2. The number of aliphatic hydroxyl groups is 1. The topological polar surface area (TPSA) is 67.3 Å². The summed E-state index contributed by atoms with van der Waals surface area (Å²) in [4.78, 5) is 8.00. The molecule has 1 aromatic carbocycles. The van der Waals surface area contributed by atoms with Crippen LogP contribution in [0.3, 0.4) is 0 Å². The van der Waals surface area contributed by atoms with Gasteiger partial charge in [0.05, 0.1) is 12.3 Å². The maximum absolute atomic E-state index is 12.0. The Hall–Kier alpha value is -2.28. The van der Waals surface area contributed by atoms with Gasteiger partial charge in [-0.1, -0.05) is 0 Å². The molecule has 0 amide bonds. The third kappa shape index (κ3) is 3.85. The molecule has 0 fully saturated rings. The minimum absolute atomic E-state index is 0.0746. The van der Waals surface area contributed by atoms with E-state index in [1.807, 2.05) is 0 Å². The highest BCUT2D eigenvalue weighted by molar-refractivity contribution is 5.54. The van der Waals surface area contributed by atoms with Gasteiger partial charge in [0.2, 0.25) is 5.95 Å². The standard InChI is InChI=1S/C12H11F2N3O2/c13-11(14)19-10-3-1-8(2-4-10)16-12-15-6-5-9(7-18)17-12/h1-6,11,18H,7H2,(H,15,16,17). The summed E-state index contributed by atoms with van der Waals surface area (Å²) in [7, 11) is 0. The van der Waals surface area contributed by atoms with Crippen molar-refractivity contribution in [1.29, 1.82) is 0 Å². The van der Waals surface area contributed by atoms with Gasteiger partial charge in [0.1, 0.15) is 5.75 Å². The van der Waals surface area contributed by atoms with E-state index in [4.69, 9.17) is 5.11 Å². The Morgan fingerprint density at radius 2 is 1.95 bits per heavy atom. The highest BCUT2D eigenvalue weighted by Gasteiger charge is 2.04. The second kappa shape index (κ2) is 6.05. The van der Waals surface area contributed by atoms with E-state index in [-0.39, 0.29) is 12.4 Å². The fourth-order valence-corrected chi connectivity index (χ4v) is 1.39. The summed E-state index contributed by atoms with van der Waals surface area (Å²) >= 11 is 0. The fourth-order valence-electron chi connectivity index (χ4n) is 1.39. The van der Waals surface area contributed by atoms with E-state index in [0.717, 1.165) is 0 Å². The van der Waals surface area contributed by atoms with Gasteiger partial charge in [0.25, 0.3) is 0 Å². The van der Waals surface area contributed by atoms with Crippen molar-refractivity contribution in [2.75, 3.05) is 5.32 Å². The molecule has 2 N–H and O–H groups in total. The van der Waals surface area contributed by atoms with E-state index in [2.05, 4.69) is 20.0 Å². The Kier molecular flexibility index (Phi) is 4.19. The molecule has 5 nitrogen and oxygen atoms in total. The lowest BCUT2D eigenvalue weighted by molar-refractivity contribution is -0.0498. The van der Waals surface area contributed by atoms with Gasteiger partial charge in [-0.05, 0) is 30.3 Å². The van der Waals surface area contributed by atoms with Crippen LogP contribution < -0.4 is 10.1 Å². The summed E-state index contributed by atoms with van der Waals surface area (Å²) in [5.41, 5.74) is 1.10. The van der Waals surface area contributed by atoms with Crippen molar-refractivity contribution in [3.63, 3.8) is 0 Å². The average Bonchev–Trinajstić information content (AvgIpc) is 2.41. The zero-order chi connectivity index (χ0) is 13.7. The molecule has 2 aromatic rings. The first-order valence-corrected chi connectivity index (χ1v) is 5.42. The Morgan fingerprint density at radius 3 is 2.58 bits per heavy atom. The van der Waals surface area contributed by atoms with E-state index in [1.54, 1.807) is 18.2 Å². The van der Waals surface area contributed by atoms with E-state index in [1.165, 1.54) is 18.3 Å². The highest BCUT2D eigenvalue weighted by Crippen LogP contribution is 2.19. The van der Waals surface area contributed by atoms with Crippen molar-refractivity contribution in [1.82, 2.24) is 9.97 Å². The van der Waals surface area contributed by atoms with Crippen LogP contribution in [0.15, 0.2) is 36.5 Å². The van der Waals surface area contributed by atoms with Gasteiger partial charge in [-0.2, -0.15) is 8.78 Å². The lowest BCUT2D eigenvalue weighted by Gasteiger charge is -2.07. The van der Waals surface area contributed by atoms with Crippen LogP contribution in [-0.4, -0.2) is 21.7 Å².